The van der Waals surface area contributed by atoms with Gasteiger partial charge in [0.2, 0.25) is 5.91 Å². The molecule has 1 aromatic rings. The molecule has 0 spiro atoms. The molecule has 0 aliphatic carbocycles. The SMILES string of the molecule is CCCC(=O)Nc1ccccc1C(C)N. The van der Waals surface area contributed by atoms with Gasteiger partial charge in [-0.2, -0.15) is 0 Å². The summed E-state index contributed by atoms with van der Waals surface area (Å²) in [4.78, 5) is 11.4. The zero-order valence-corrected chi connectivity index (χ0v) is 9.29. The van der Waals surface area contributed by atoms with E-state index in [1.54, 1.807) is 0 Å². The van der Waals surface area contributed by atoms with Gasteiger partial charge in [-0.25, -0.2) is 0 Å². The highest BCUT2D eigenvalue weighted by molar-refractivity contribution is 5.91. The number of carbonyl (C=O) groups excluding carboxylic acids is 1. The second-order valence-electron chi connectivity index (χ2n) is 3.67. The van der Waals surface area contributed by atoms with Crippen molar-refractivity contribution in [2.24, 2.45) is 5.73 Å². The normalized spacial score (nSPS) is 12.2. The number of hydrogen-bond donors (Lipinski definition) is 2. The van der Waals surface area contributed by atoms with E-state index in [-0.39, 0.29) is 11.9 Å². The highest BCUT2D eigenvalue weighted by atomic mass is 16.1. The summed E-state index contributed by atoms with van der Waals surface area (Å²) in [6, 6.07) is 7.57. The van der Waals surface area contributed by atoms with Crippen molar-refractivity contribution in [3.63, 3.8) is 0 Å². The maximum absolute atomic E-state index is 11.4. The van der Waals surface area contributed by atoms with Crippen LogP contribution in [0.25, 0.3) is 0 Å². The summed E-state index contributed by atoms with van der Waals surface area (Å²) in [5.74, 6) is 0.0469. The van der Waals surface area contributed by atoms with Crippen LogP contribution in [-0.2, 0) is 4.79 Å². The molecule has 0 saturated carbocycles. The molecule has 3 nitrogen and oxygen atoms in total. The average molecular weight is 206 g/mol. The van der Waals surface area contributed by atoms with Crippen LogP contribution in [-0.4, -0.2) is 5.91 Å². The Morgan fingerprint density at radius 1 is 1.47 bits per heavy atom. The minimum Gasteiger partial charge on any atom is -0.326 e. The zero-order chi connectivity index (χ0) is 11.3. The van der Waals surface area contributed by atoms with Crippen LogP contribution >= 0.6 is 0 Å². The van der Waals surface area contributed by atoms with E-state index >= 15 is 0 Å². The van der Waals surface area contributed by atoms with E-state index in [1.165, 1.54) is 0 Å². The van der Waals surface area contributed by atoms with E-state index in [1.807, 2.05) is 38.1 Å². The Labute approximate surface area is 90.7 Å². The summed E-state index contributed by atoms with van der Waals surface area (Å²) in [5, 5.41) is 2.87. The third-order valence-electron chi connectivity index (χ3n) is 2.20. The molecule has 1 rings (SSSR count). The monoisotopic (exact) mass is 206 g/mol. The van der Waals surface area contributed by atoms with Gasteiger partial charge in [0.05, 0.1) is 0 Å². The predicted molar refractivity (Wildman–Crippen MR) is 62.6 cm³/mol. The number of hydrogen-bond acceptors (Lipinski definition) is 2. The van der Waals surface area contributed by atoms with E-state index in [2.05, 4.69) is 5.32 Å². The number of rotatable bonds is 4. The minimum atomic E-state index is -0.0665. The van der Waals surface area contributed by atoms with Crippen LogP contribution in [0.3, 0.4) is 0 Å². The first-order valence-electron chi connectivity index (χ1n) is 5.29. The van der Waals surface area contributed by atoms with E-state index in [4.69, 9.17) is 5.73 Å². The van der Waals surface area contributed by atoms with E-state index < -0.39 is 0 Å². The Bertz CT molecular complexity index is 334. The summed E-state index contributed by atoms with van der Waals surface area (Å²) in [7, 11) is 0. The van der Waals surface area contributed by atoms with Crippen molar-refractivity contribution in [3.8, 4) is 0 Å². The molecule has 0 heterocycles. The molecule has 0 radical (unpaired) electrons. The molecule has 15 heavy (non-hydrogen) atoms. The van der Waals surface area contributed by atoms with Crippen LogP contribution in [0.4, 0.5) is 5.69 Å². The lowest BCUT2D eigenvalue weighted by Gasteiger charge is -2.13. The van der Waals surface area contributed by atoms with Crippen molar-refractivity contribution in [2.45, 2.75) is 32.7 Å². The lowest BCUT2D eigenvalue weighted by atomic mass is 10.1. The van der Waals surface area contributed by atoms with Gasteiger partial charge >= 0.3 is 0 Å². The maximum atomic E-state index is 11.4. The lowest BCUT2D eigenvalue weighted by Crippen LogP contribution is -2.15. The summed E-state index contributed by atoms with van der Waals surface area (Å²) in [6.07, 6.45) is 1.40. The molecule has 0 aliphatic heterocycles. The van der Waals surface area contributed by atoms with Crippen LogP contribution < -0.4 is 11.1 Å². The summed E-state index contributed by atoms with van der Waals surface area (Å²) in [5.41, 5.74) is 7.61. The van der Waals surface area contributed by atoms with Gasteiger partial charge < -0.3 is 11.1 Å². The first kappa shape index (κ1) is 11.7. The zero-order valence-electron chi connectivity index (χ0n) is 9.29. The van der Waals surface area contributed by atoms with Crippen molar-refractivity contribution in [1.29, 1.82) is 0 Å². The van der Waals surface area contributed by atoms with Crippen LogP contribution in [0.15, 0.2) is 24.3 Å². The molecule has 1 aromatic carbocycles. The van der Waals surface area contributed by atoms with Crippen LogP contribution in [0, 0.1) is 0 Å². The molecule has 0 fully saturated rings. The molecule has 1 amide bonds. The van der Waals surface area contributed by atoms with Gasteiger partial charge in [-0.3, -0.25) is 4.79 Å². The van der Waals surface area contributed by atoms with Gasteiger partial charge in [-0.05, 0) is 25.0 Å². The fourth-order valence-corrected chi connectivity index (χ4v) is 1.45. The third kappa shape index (κ3) is 3.36. The maximum Gasteiger partial charge on any atom is 0.224 e. The molecule has 1 atom stereocenters. The number of anilines is 1. The molecule has 82 valence electrons. The van der Waals surface area contributed by atoms with Crippen molar-refractivity contribution in [3.05, 3.63) is 29.8 Å². The molecule has 1 unspecified atom stereocenters. The predicted octanol–water partition coefficient (Wildman–Crippen LogP) is 2.44. The Morgan fingerprint density at radius 3 is 2.73 bits per heavy atom. The third-order valence-corrected chi connectivity index (χ3v) is 2.20. The molecule has 0 saturated heterocycles. The lowest BCUT2D eigenvalue weighted by molar-refractivity contribution is -0.116. The topological polar surface area (TPSA) is 55.1 Å². The van der Waals surface area contributed by atoms with Crippen molar-refractivity contribution >= 4 is 11.6 Å². The molecular weight excluding hydrogens is 188 g/mol. The standard InChI is InChI=1S/C12H18N2O/c1-3-6-12(15)14-11-8-5-4-7-10(11)9(2)13/h4-5,7-9H,3,6,13H2,1-2H3,(H,14,15). The van der Waals surface area contributed by atoms with Crippen LogP contribution in [0.1, 0.15) is 38.3 Å². The first-order chi connectivity index (χ1) is 7.15. The minimum absolute atomic E-state index is 0.0469. The Kier molecular flexibility index (Phi) is 4.31. The summed E-state index contributed by atoms with van der Waals surface area (Å²) >= 11 is 0. The highest BCUT2D eigenvalue weighted by Gasteiger charge is 2.08. The van der Waals surface area contributed by atoms with Gasteiger partial charge in [-0.15, -0.1) is 0 Å². The molecule has 0 bridgehead atoms. The second-order valence-corrected chi connectivity index (χ2v) is 3.67. The average Bonchev–Trinajstić information content (AvgIpc) is 2.18. The highest BCUT2D eigenvalue weighted by Crippen LogP contribution is 2.20. The smallest absolute Gasteiger partial charge is 0.224 e. The summed E-state index contributed by atoms with van der Waals surface area (Å²) < 4.78 is 0. The number of nitrogens with two attached hydrogens (primary N) is 1. The number of amides is 1. The van der Waals surface area contributed by atoms with Gasteiger partial charge in [0.1, 0.15) is 0 Å². The van der Waals surface area contributed by atoms with E-state index in [0.29, 0.717) is 6.42 Å². The fraction of sp³-hybridized carbons (Fsp3) is 0.417. The molecule has 3 N–H and O–H groups in total. The second kappa shape index (κ2) is 5.51. The van der Waals surface area contributed by atoms with Crippen molar-refractivity contribution < 1.29 is 4.79 Å². The molecular formula is C12H18N2O. The largest absolute Gasteiger partial charge is 0.326 e. The Morgan fingerprint density at radius 2 is 2.13 bits per heavy atom. The fourth-order valence-electron chi connectivity index (χ4n) is 1.45. The van der Waals surface area contributed by atoms with Gasteiger partial charge in [0.15, 0.2) is 0 Å². The van der Waals surface area contributed by atoms with Gasteiger partial charge in [0, 0.05) is 18.2 Å². The Balaban J connectivity index is 2.80. The number of para-hydroxylation sites is 1. The first-order valence-corrected chi connectivity index (χ1v) is 5.29. The Hall–Kier alpha value is -1.35. The number of carbonyl (C=O) groups is 1. The molecule has 0 aliphatic rings. The van der Waals surface area contributed by atoms with Crippen molar-refractivity contribution in [2.75, 3.05) is 5.32 Å². The van der Waals surface area contributed by atoms with Crippen molar-refractivity contribution in [1.82, 2.24) is 0 Å². The molecule has 0 aromatic heterocycles. The van der Waals surface area contributed by atoms with Crippen LogP contribution in [0.2, 0.25) is 0 Å². The number of benzene rings is 1. The van der Waals surface area contributed by atoms with Gasteiger partial charge in [0.25, 0.3) is 0 Å². The number of nitrogens with one attached hydrogen (secondary N) is 1. The van der Waals surface area contributed by atoms with Gasteiger partial charge in [-0.1, -0.05) is 25.1 Å². The summed E-state index contributed by atoms with van der Waals surface area (Å²) in [6.45, 7) is 3.89. The molecule has 3 heteroatoms. The van der Waals surface area contributed by atoms with Crippen LogP contribution in [0.5, 0.6) is 0 Å². The van der Waals surface area contributed by atoms with E-state index in [9.17, 15) is 4.79 Å². The van der Waals surface area contributed by atoms with E-state index in [0.717, 1.165) is 17.7 Å². The quantitative estimate of drug-likeness (QED) is 0.795.